The van der Waals surface area contributed by atoms with Gasteiger partial charge in [-0.2, -0.15) is 0 Å². The lowest BCUT2D eigenvalue weighted by Gasteiger charge is -2.22. The number of likely N-dealkylation sites (tertiary alicyclic amines) is 1. The summed E-state index contributed by atoms with van der Waals surface area (Å²) in [5, 5.41) is 0. The average Bonchev–Trinajstić information content (AvgIpc) is 2.39. The molecule has 1 saturated carbocycles. The molecule has 0 radical (unpaired) electrons. The molecule has 2 aliphatic rings. The highest BCUT2D eigenvalue weighted by Crippen LogP contribution is 2.23. The van der Waals surface area contributed by atoms with E-state index in [1.165, 1.54) is 103 Å². The normalized spacial score (nSPS) is 23.7. The van der Waals surface area contributed by atoms with Crippen molar-refractivity contribution in [2.75, 3.05) is 19.6 Å². The van der Waals surface area contributed by atoms with Crippen molar-refractivity contribution in [3.8, 4) is 0 Å². The minimum absolute atomic E-state index is 1.07. The third-order valence-electron chi connectivity index (χ3n) is 5.20. The predicted octanol–water partition coefficient (Wildman–Crippen LogP) is 6.03. The van der Waals surface area contributed by atoms with E-state index < -0.39 is 0 Å². The van der Waals surface area contributed by atoms with Gasteiger partial charge < -0.3 is 4.90 Å². The first-order valence-corrected chi connectivity index (χ1v) is 9.59. The predicted molar refractivity (Wildman–Crippen MR) is 91.3 cm³/mol. The molecule has 0 amide bonds. The Balaban J connectivity index is 0.000000200. The summed E-state index contributed by atoms with van der Waals surface area (Å²) in [5.41, 5.74) is 0. The molecule has 1 heterocycles. The van der Waals surface area contributed by atoms with Gasteiger partial charge in [-0.15, -0.1) is 0 Å². The minimum Gasteiger partial charge on any atom is -0.304 e. The summed E-state index contributed by atoms with van der Waals surface area (Å²) in [7, 11) is 0. The van der Waals surface area contributed by atoms with Gasteiger partial charge in [-0.3, -0.25) is 0 Å². The van der Waals surface area contributed by atoms with Gasteiger partial charge in [0.25, 0.3) is 0 Å². The van der Waals surface area contributed by atoms with Crippen LogP contribution in [-0.2, 0) is 0 Å². The topological polar surface area (TPSA) is 3.24 Å². The zero-order valence-corrected chi connectivity index (χ0v) is 14.3. The van der Waals surface area contributed by atoms with Crippen molar-refractivity contribution in [3.63, 3.8) is 0 Å². The Morgan fingerprint density at radius 1 is 0.650 bits per heavy atom. The highest BCUT2D eigenvalue weighted by atomic mass is 15.1. The standard InChI is InChI=1S/C10H20.C9H19N/c2*1-2-10-8-6-4-3-5-7-9-10/h10H,2-9H2,1H3;2-9H2,1H3. The zero-order valence-electron chi connectivity index (χ0n) is 14.3. The summed E-state index contributed by atoms with van der Waals surface area (Å²) in [6, 6.07) is 0. The fourth-order valence-electron chi connectivity index (χ4n) is 3.58. The molecule has 20 heavy (non-hydrogen) atoms. The summed E-state index contributed by atoms with van der Waals surface area (Å²) < 4.78 is 0. The van der Waals surface area contributed by atoms with Gasteiger partial charge in [0.15, 0.2) is 0 Å². The summed E-state index contributed by atoms with van der Waals surface area (Å²) in [6.45, 7) is 8.54. The molecule has 0 N–H and O–H groups in total. The molecule has 0 aromatic carbocycles. The van der Waals surface area contributed by atoms with Crippen LogP contribution >= 0.6 is 0 Å². The third kappa shape index (κ3) is 9.00. The van der Waals surface area contributed by atoms with Gasteiger partial charge in [0.2, 0.25) is 0 Å². The van der Waals surface area contributed by atoms with Crippen LogP contribution in [0.2, 0.25) is 0 Å². The Labute approximate surface area is 128 Å². The number of rotatable bonds is 2. The molecule has 2 rings (SSSR count). The Morgan fingerprint density at radius 3 is 1.55 bits per heavy atom. The van der Waals surface area contributed by atoms with Crippen molar-refractivity contribution >= 4 is 0 Å². The molecule has 0 aromatic heterocycles. The third-order valence-corrected chi connectivity index (χ3v) is 5.20. The van der Waals surface area contributed by atoms with Crippen LogP contribution in [0.25, 0.3) is 0 Å². The van der Waals surface area contributed by atoms with E-state index in [0.717, 1.165) is 5.92 Å². The maximum Gasteiger partial charge on any atom is -0.00189 e. The van der Waals surface area contributed by atoms with Gasteiger partial charge in [-0.05, 0) is 38.4 Å². The molecule has 2 fully saturated rings. The molecular formula is C19H39N. The van der Waals surface area contributed by atoms with Crippen LogP contribution in [0, 0.1) is 5.92 Å². The van der Waals surface area contributed by atoms with Crippen LogP contribution in [0.3, 0.4) is 0 Å². The second-order valence-corrected chi connectivity index (χ2v) is 6.82. The first kappa shape index (κ1) is 18.0. The van der Waals surface area contributed by atoms with E-state index in [1.807, 2.05) is 0 Å². The minimum atomic E-state index is 1.07. The van der Waals surface area contributed by atoms with E-state index in [2.05, 4.69) is 18.7 Å². The fraction of sp³-hybridized carbons (Fsp3) is 1.00. The van der Waals surface area contributed by atoms with E-state index >= 15 is 0 Å². The molecule has 1 aliphatic carbocycles. The molecule has 0 unspecified atom stereocenters. The maximum absolute atomic E-state index is 2.57. The van der Waals surface area contributed by atoms with Gasteiger partial charge in [-0.1, -0.05) is 84.5 Å². The SMILES string of the molecule is CCC1CCCCCCC1.CCN1CCCCCCC1. The first-order chi connectivity index (χ1) is 9.86. The molecule has 1 saturated heterocycles. The molecule has 0 spiro atoms. The van der Waals surface area contributed by atoms with E-state index in [4.69, 9.17) is 0 Å². The number of hydrogen-bond acceptors (Lipinski definition) is 1. The highest BCUT2D eigenvalue weighted by Gasteiger charge is 2.08. The van der Waals surface area contributed by atoms with Crippen molar-refractivity contribution in [3.05, 3.63) is 0 Å². The maximum atomic E-state index is 2.57. The monoisotopic (exact) mass is 281 g/mol. The molecule has 0 aromatic rings. The molecule has 1 heteroatoms. The van der Waals surface area contributed by atoms with E-state index in [9.17, 15) is 0 Å². The summed E-state index contributed by atoms with van der Waals surface area (Å²) in [5.74, 6) is 1.07. The van der Waals surface area contributed by atoms with Gasteiger partial charge >= 0.3 is 0 Å². The van der Waals surface area contributed by atoms with Crippen molar-refractivity contribution in [2.24, 2.45) is 5.92 Å². The van der Waals surface area contributed by atoms with Crippen molar-refractivity contribution < 1.29 is 0 Å². The van der Waals surface area contributed by atoms with Crippen LogP contribution in [0.5, 0.6) is 0 Å². The Bertz CT molecular complexity index is 164. The number of hydrogen-bond donors (Lipinski definition) is 0. The van der Waals surface area contributed by atoms with Crippen LogP contribution in [-0.4, -0.2) is 24.5 Å². The van der Waals surface area contributed by atoms with E-state index in [1.54, 1.807) is 0 Å². The lowest BCUT2D eigenvalue weighted by molar-refractivity contribution is 0.259. The Morgan fingerprint density at radius 2 is 1.10 bits per heavy atom. The quantitative estimate of drug-likeness (QED) is 0.597. The summed E-state index contributed by atoms with van der Waals surface area (Å²) in [4.78, 5) is 2.57. The number of nitrogens with zero attached hydrogens (tertiary/aromatic N) is 1. The second kappa shape index (κ2) is 12.7. The van der Waals surface area contributed by atoms with Gasteiger partial charge in [-0.25, -0.2) is 0 Å². The first-order valence-electron chi connectivity index (χ1n) is 9.59. The molecule has 120 valence electrons. The molecule has 0 atom stereocenters. The van der Waals surface area contributed by atoms with E-state index in [-0.39, 0.29) is 0 Å². The summed E-state index contributed by atoms with van der Waals surface area (Å²) >= 11 is 0. The Hall–Kier alpha value is -0.0400. The fourth-order valence-corrected chi connectivity index (χ4v) is 3.58. The molecular weight excluding hydrogens is 242 g/mol. The second-order valence-electron chi connectivity index (χ2n) is 6.82. The van der Waals surface area contributed by atoms with Crippen LogP contribution in [0.4, 0.5) is 0 Å². The van der Waals surface area contributed by atoms with Crippen LogP contribution < -0.4 is 0 Å². The molecule has 0 bridgehead atoms. The lowest BCUT2D eigenvalue weighted by Crippen LogP contribution is -2.26. The summed E-state index contributed by atoms with van der Waals surface area (Å²) in [6.07, 6.45) is 19.2. The molecule has 1 nitrogen and oxygen atoms in total. The van der Waals surface area contributed by atoms with Crippen LogP contribution in [0.15, 0.2) is 0 Å². The largest absolute Gasteiger partial charge is 0.304 e. The van der Waals surface area contributed by atoms with Crippen molar-refractivity contribution in [1.29, 1.82) is 0 Å². The Kier molecular flexibility index (Phi) is 11.4. The average molecular weight is 282 g/mol. The van der Waals surface area contributed by atoms with Gasteiger partial charge in [0.05, 0.1) is 0 Å². The van der Waals surface area contributed by atoms with Crippen molar-refractivity contribution in [1.82, 2.24) is 4.90 Å². The van der Waals surface area contributed by atoms with Crippen LogP contribution in [0.1, 0.15) is 97.3 Å². The van der Waals surface area contributed by atoms with Gasteiger partial charge in [0.1, 0.15) is 0 Å². The molecule has 1 aliphatic heterocycles. The highest BCUT2D eigenvalue weighted by molar-refractivity contribution is 4.61. The van der Waals surface area contributed by atoms with E-state index in [0.29, 0.717) is 0 Å². The van der Waals surface area contributed by atoms with Crippen molar-refractivity contribution in [2.45, 2.75) is 97.3 Å². The smallest absolute Gasteiger partial charge is 0.00189 e. The zero-order chi connectivity index (χ0) is 14.5. The lowest BCUT2D eigenvalue weighted by atomic mass is 9.90. The van der Waals surface area contributed by atoms with Gasteiger partial charge in [0, 0.05) is 0 Å².